The van der Waals surface area contributed by atoms with Gasteiger partial charge >= 0.3 is 0 Å². The molecule has 0 fully saturated rings. The van der Waals surface area contributed by atoms with E-state index in [2.05, 4.69) is 5.10 Å². The number of fused-ring (bicyclic) bond motifs is 1. The third kappa shape index (κ3) is 1.84. The summed E-state index contributed by atoms with van der Waals surface area (Å²) in [5.41, 5.74) is 2.58. The molecule has 0 aliphatic rings. The van der Waals surface area contributed by atoms with E-state index in [-0.39, 0.29) is 5.78 Å². The number of carbonyl (C=O) groups is 1. The third-order valence-electron chi connectivity index (χ3n) is 2.51. The van der Waals surface area contributed by atoms with Crippen molar-refractivity contribution in [1.82, 2.24) is 9.61 Å². The fraction of sp³-hybridized carbons (Fsp3) is 0.333. The molecule has 4 heteroatoms. The largest absolute Gasteiger partial charge is 0.380 e. The zero-order valence-corrected chi connectivity index (χ0v) is 9.43. The van der Waals surface area contributed by atoms with Gasteiger partial charge in [0.2, 0.25) is 0 Å². The van der Waals surface area contributed by atoms with Crippen LogP contribution in [-0.4, -0.2) is 22.5 Å². The molecule has 0 spiro atoms. The van der Waals surface area contributed by atoms with E-state index < -0.39 is 0 Å². The van der Waals surface area contributed by atoms with E-state index in [1.54, 1.807) is 17.8 Å². The maximum atomic E-state index is 11.6. The number of ketones is 1. The van der Waals surface area contributed by atoms with Gasteiger partial charge in [-0.25, -0.2) is 4.52 Å². The molecule has 2 aromatic rings. The normalized spacial score (nSPS) is 10.9. The molecule has 0 aromatic carbocycles. The predicted octanol–water partition coefficient (Wildman–Crippen LogP) is 2.07. The van der Waals surface area contributed by atoms with Crippen molar-refractivity contribution in [2.24, 2.45) is 0 Å². The monoisotopic (exact) mass is 218 g/mol. The van der Waals surface area contributed by atoms with Gasteiger partial charge in [0, 0.05) is 19.7 Å². The number of hydrogen-bond acceptors (Lipinski definition) is 3. The Morgan fingerprint density at radius 1 is 1.50 bits per heavy atom. The van der Waals surface area contributed by atoms with E-state index in [0.29, 0.717) is 18.6 Å². The quantitative estimate of drug-likeness (QED) is 0.738. The van der Waals surface area contributed by atoms with Crippen LogP contribution >= 0.6 is 0 Å². The fourth-order valence-corrected chi connectivity index (χ4v) is 1.68. The first-order chi connectivity index (χ1) is 7.76. The van der Waals surface area contributed by atoms with Crippen molar-refractivity contribution in [3.8, 4) is 0 Å². The number of Topliss-reactive ketones (excluding diaryl/α,β-unsaturated/α-hetero) is 1. The number of nitrogens with zero attached hydrogens (tertiary/aromatic N) is 2. The van der Waals surface area contributed by atoms with Crippen LogP contribution in [0.15, 0.2) is 24.5 Å². The SMILES string of the molecule is CCC(=O)c1cnn2cc(COC)ccc12. The molecular formula is C12H14N2O2. The highest BCUT2D eigenvalue weighted by atomic mass is 16.5. The zero-order chi connectivity index (χ0) is 11.5. The number of aromatic nitrogens is 2. The minimum atomic E-state index is 0.120. The minimum Gasteiger partial charge on any atom is -0.380 e. The number of carbonyl (C=O) groups excluding carboxylic acids is 1. The Bertz CT molecular complexity index is 517. The Kier molecular flexibility index (Phi) is 3.01. The van der Waals surface area contributed by atoms with Gasteiger partial charge in [0.25, 0.3) is 0 Å². The Hall–Kier alpha value is -1.68. The molecule has 0 bridgehead atoms. The molecule has 2 rings (SSSR count). The van der Waals surface area contributed by atoms with E-state index in [9.17, 15) is 4.79 Å². The van der Waals surface area contributed by atoms with Crippen molar-refractivity contribution in [3.05, 3.63) is 35.7 Å². The molecule has 0 radical (unpaired) electrons. The lowest BCUT2D eigenvalue weighted by atomic mass is 10.1. The van der Waals surface area contributed by atoms with Crippen LogP contribution in [-0.2, 0) is 11.3 Å². The highest BCUT2D eigenvalue weighted by Crippen LogP contribution is 2.14. The molecule has 16 heavy (non-hydrogen) atoms. The summed E-state index contributed by atoms with van der Waals surface area (Å²) in [4.78, 5) is 11.6. The molecule has 2 heterocycles. The van der Waals surface area contributed by atoms with E-state index in [4.69, 9.17) is 4.74 Å². The van der Waals surface area contributed by atoms with Crippen molar-refractivity contribution >= 4 is 11.3 Å². The Morgan fingerprint density at radius 2 is 2.31 bits per heavy atom. The Morgan fingerprint density at radius 3 is 3.00 bits per heavy atom. The number of methoxy groups -OCH3 is 1. The fourth-order valence-electron chi connectivity index (χ4n) is 1.68. The predicted molar refractivity (Wildman–Crippen MR) is 60.5 cm³/mol. The second-order valence-electron chi connectivity index (χ2n) is 3.64. The maximum absolute atomic E-state index is 11.6. The van der Waals surface area contributed by atoms with Crippen LogP contribution in [0.3, 0.4) is 0 Å². The highest BCUT2D eigenvalue weighted by molar-refractivity contribution is 6.01. The van der Waals surface area contributed by atoms with Gasteiger partial charge < -0.3 is 4.74 Å². The summed E-state index contributed by atoms with van der Waals surface area (Å²) in [6.07, 6.45) is 4.00. The second kappa shape index (κ2) is 4.45. The first-order valence-corrected chi connectivity index (χ1v) is 5.24. The number of hydrogen-bond donors (Lipinski definition) is 0. The minimum absolute atomic E-state index is 0.120. The first kappa shape index (κ1) is 10.8. The first-order valence-electron chi connectivity index (χ1n) is 5.24. The van der Waals surface area contributed by atoms with Gasteiger partial charge in [-0.1, -0.05) is 13.0 Å². The van der Waals surface area contributed by atoms with Crippen molar-refractivity contribution in [2.75, 3.05) is 7.11 Å². The summed E-state index contributed by atoms with van der Waals surface area (Å²) in [6.45, 7) is 2.40. The lowest BCUT2D eigenvalue weighted by Gasteiger charge is -2.01. The third-order valence-corrected chi connectivity index (χ3v) is 2.51. The van der Waals surface area contributed by atoms with Crippen LogP contribution in [0.5, 0.6) is 0 Å². The van der Waals surface area contributed by atoms with Crippen molar-refractivity contribution in [3.63, 3.8) is 0 Å². The van der Waals surface area contributed by atoms with Gasteiger partial charge in [0.05, 0.1) is 23.9 Å². The van der Waals surface area contributed by atoms with Crippen molar-refractivity contribution < 1.29 is 9.53 Å². The summed E-state index contributed by atoms with van der Waals surface area (Å²) < 4.78 is 6.76. The maximum Gasteiger partial charge on any atom is 0.166 e. The zero-order valence-electron chi connectivity index (χ0n) is 9.43. The van der Waals surface area contributed by atoms with Crippen LogP contribution in [0.1, 0.15) is 29.3 Å². The van der Waals surface area contributed by atoms with Crippen LogP contribution in [0.4, 0.5) is 0 Å². The Labute approximate surface area is 93.8 Å². The molecule has 0 N–H and O–H groups in total. The average Bonchev–Trinajstić information content (AvgIpc) is 2.71. The molecule has 0 aliphatic heterocycles. The molecule has 0 saturated heterocycles. The van der Waals surface area contributed by atoms with Crippen LogP contribution in [0.25, 0.3) is 5.52 Å². The number of rotatable bonds is 4. The molecule has 0 aliphatic carbocycles. The summed E-state index contributed by atoms with van der Waals surface area (Å²) >= 11 is 0. The van der Waals surface area contributed by atoms with Crippen LogP contribution in [0.2, 0.25) is 0 Å². The molecule has 0 amide bonds. The average molecular weight is 218 g/mol. The van der Waals surface area contributed by atoms with Crippen molar-refractivity contribution in [2.45, 2.75) is 20.0 Å². The van der Waals surface area contributed by atoms with Crippen LogP contribution in [0, 0.1) is 0 Å². The second-order valence-corrected chi connectivity index (χ2v) is 3.64. The van der Waals surface area contributed by atoms with Gasteiger partial charge in [-0.05, 0) is 11.6 Å². The van der Waals surface area contributed by atoms with Gasteiger partial charge in [0.15, 0.2) is 5.78 Å². The van der Waals surface area contributed by atoms with Crippen molar-refractivity contribution in [1.29, 1.82) is 0 Å². The van der Waals surface area contributed by atoms with E-state index in [1.807, 2.05) is 25.3 Å². The molecule has 4 nitrogen and oxygen atoms in total. The van der Waals surface area contributed by atoms with Gasteiger partial charge in [-0.3, -0.25) is 4.79 Å². The summed E-state index contributed by atoms with van der Waals surface area (Å²) in [5, 5.41) is 4.17. The highest BCUT2D eigenvalue weighted by Gasteiger charge is 2.10. The van der Waals surface area contributed by atoms with E-state index in [0.717, 1.165) is 11.1 Å². The molecule has 0 saturated carbocycles. The summed E-state index contributed by atoms with van der Waals surface area (Å²) in [6, 6.07) is 3.86. The smallest absolute Gasteiger partial charge is 0.166 e. The molecular weight excluding hydrogens is 204 g/mol. The number of ether oxygens (including phenoxy) is 1. The van der Waals surface area contributed by atoms with Crippen LogP contribution < -0.4 is 0 Å². The van der Waals surface area contributed by atoms with Gasteiger partial charge in [-0.15, -0.1) is 0 Å². The molecule has 2 aromatic heterocycles. The molecule has 84 valence electrons. The Balaban J connectivity index is 2.46. The van der Waals surface area contributed by atoms with E-state index in [1.165, 1.54) is 0 Å². The summed E-state index contributed by atoms with van der Waals surface area (Å²) in [5.74, 6) is 0.120. The number of pyridine rings is 1. The lowest BCUT2D eigenvalue weighted by Crippen LogP contribution is -1.97. The van der Waals surface area contributed by atoms with Gasteiger partial charge in [0.1, 0.15) is 0 Å². The lowest BCUT2D eigenvalue weighted by molar-refractivity contribution is 0.0989. The van der Waals surface area contributed by atoms with E-state index >= 15 is 0 Å². The topological polar surface area (TPSA) is 43.6 Å². The van der Waals surface area contributed by atoms with Gasteiger partial charge in [-0.2, -0.15) is 5.10 Å². The standard InChI is InChI=1S/C12H14N2O2/c1-3-12(15)10-6-13-14-7-9(8-16-2)4-5-11(10)14/h4-7H,3,8H2,1-2H3. The molecule has 0 atom stereocenters. The molecule has 0 unspecified atom stereocenters. The summed E-state index contributed by atoms with van der Waals surface area (Å²) in [7, 11) is 1.65.